The fourth-order valence-electron chi connectivity index (χ4n) is 5.48. The third kappa shape index (κ3) is 9.75. The Bertz CT molecular complexity index is 2010. The summed E-state index contributed by atoms with van der Waals surface area (Å²) < 4.78 is 20.7. The van der Waals surface area contributed by atoms with Crippen LogP contribution in [-0.2, 0) is 29.7 Å². The zero-order chi connectivity index (χ0) is 36.8. The van der Waals surface area contributed by atoms with Crippen LogP contribution in [0.5, 0.6) is 11.5 Å². The number of rotatable bonds is 14. The number of hydrogen-bond donors (Lipinski definition) is 1. The van der Waals surface area contributed by atoms with E-state index in [2.05, 4.69) is 25.4 Å². The van der Waals surface area contributed by atoms with Gasteiger partial charge in [-0.05, 0) is 79.9 Å². The Kier molecular flexibility index (Phi) is 12.5. The number of ether oxygens (including phenoxy) is 3. The van der Waals surface area contributed by atoms with Gasteiger partial charge >= 0.3 is 6.09 Å². The van der Waals surface area contributed by atoms with Crippen LogP contribution in [0.2, 0.25) is 0 Å². The highest BCUT2D eigenvalue weighted by Crippen LogP contribution is 2.28. The van der Waals surface area contributed by atoms with E-state index in [1.807, 2.05) is 93.4 Å². The summed E-state index contributed by atoms with van der Waals surface area (Å²) in [5.74, 6) is 0.226. The quantitative estimate of drug-likeness (QED) is 0.0750. The second kappa shape index (κ2) is 17.0. The third-order valence-electron chi connectivity index (χ3n) is 8.07. The second-order valence-corrected chi connectivity index (χ2v) is 13.1. The largest absolute Gasteiger partial charge is 1.00 e. The number of aromatic nitrogens is 6. The van der Waals surface area contributed by atoms with Crippen LogP contribution in [0.3, 0.4) is 0 Å². The van der Waals surface area contributed by atoms with Crippen LogP contribution < -0.4 is 43.4 Å². The molecule has 1 unspecified atom stereocenters. The lowest BCUT2D eigenvalue weighted by atomic mass is 10.1. The van der Waals surface area contributed by atoms with Crippen LogP contribution in [0.25, 0.3) is 11.1 Å². The number of tetrazole rings is 1. The van der Waals surface area contributed by atoms with Crippen molar-refractivity contribution in [3.05, 3.63) is 108 Å². The maximum absolute atomic E-state index is 13.1. The van der Waals surface area contributed by atoms with Gasteiger partial charge in [0.05, 0.1) is 43.1 Å². The Labute approximate surface area is 323 Å². The maximum atomic E-state index is 13.1. The lowest BCUT2D eigenvalue weighted by molar-refractivity contribution is -0.753. The van der Waals surface area contributed by atoms with Gasteiger partial charge in [-0.1, -0.05) is 36.4 Å². The molecule has 0 aliphatic carbocycles. The van der Waals surface area contributed by atoms with Crippen molar-refractivity contribution in [3.8, 4) is 22.6 Å². The molecule has 0 saturated carbocycles. The molecule has 0 saturated heterocycles. The van der Waals surface area contributed by atoms with Gasteiger partial charge in [-0.25, -0.2) is 9.63 Å². The van der Waals surface area contributed by atoms with Crippen molar-refractivity contribution < 1.29 is 62.1 Å². The van der Waals surface area contributed by atoms with Crippen molar-refractivity contribution in [2.45, 2.75) is 52.0 Å². The van der Waals surface area contributed by atoms with E-state index in [1.165, 1.54) is 4.80 Å². The molecule has 0 bridgehead atoms. The molecule has 3 aromatic carbocycles. The summed E-state index contributed by atoms with van der Waals surface area (Å²) in [5.41, 5.74) is 2.84. The van der Waals surface area contributed by atoms with Crippen LogP contribution in [-0.4, -0.2) is 73.7 Å². The van der Waals surface area contributed by atoms with Gasteiger partial charge in [0.15, 0.2) is 13.2 Å². The normalized spacial score (nSPS) is 13.0. The Balaban J connectivity index is 0.00000541. The highest BCUT2D eigenvalue weighted by Gasteiger charge is 2.39. The lowest BCUT2D eigenvalue weighted by Gasteiger charge is -2.20. The van der Waals surface area contributed by atoms with E-state index < -0.39 is 29.6 Å². The fraction of sp³-hybridized carbons (Fsp3) is 0.324. The van der Waals surface area contributed by atoms with Crippen LogP contribution in [0.4, 0.5) is 4.79 Å². The predicted octanol–water partition coefficient (Wildman–Crippen LogP) is 1.29. The first-order valence-electron chi connectivity index (χ1n) is 16.8. The zero-order valence-electron chi connectivity index (χ0n) is 30.1. The summed E-state index contributed by atoms with van der Waals surface area (Å²) in [7, 11) is 3.56. The number of benzene rings is 3. The molecule has 16 heteroatoms. The zero-order valence-corrected chi connectivity index (χ0v) is 32.2. The molecule has 6 rings (SSSR count). The number of aryl methyl sites for hydroxylation is 2. The molecule has 0 fully saturated rings. The molecule has 3 amide bonds. The van der Waals surface area contributed by atoms with Gasteiger partial charge in [0.25, 0.3) is 11.8 Å². The Morgan fingerprint density at radius 3 is 2.23 bits per heavy atom. The lowest BCUT2D eigenvalue weighted by Crippen LogP contribution is -3.00. The van der Waals surface area contributed by atoms with E-state index in [1.54, 1.807) is 31.4 Å². The standard InChI is InChI=1S/C37H40N8O7.HI/c1-37(2,3)51-36(48)38-19-8-20-43-23-27(22-42(43)4)26-13-17-29(18-14-26)50-24-32(52-45-34(46)30-9-6-7-10-31(30)35(45)47)33-39-41-44(40-33)21-25-11-15-28(49-5)16-12-25;/h6-7,9-18,22-23,32H,8,19-21,24H2,1-5H3;1H. The number of imide groups is 1. The van der Waals surface area contributed by atoms with Gasteiger partial charge in [-0.15, -0.1) is 19.9 Å². The number of amides is 3. The molecule has 5 aromatic rings. The fourth-order valence-corrected chi connectivity index (χ4v) is 5.48. The van der Waals surface area contributed by atoms with Crippen molar-refractivity contribution in [1.82, 2.24) is 35.3 Å². The summed E-state index contributed by atoms with van der Waals surface area (Å²) in [6.45, 7) is 6.87. The van der Waals surface area contributed by atoms with Crippen molar-refractivity contribution in [1.29, 1.82) is 0 Å². The number of fused-ring (bicyclic) bond motifs is 1. The molecule has 3 heterocycles. The maximum Gasteiger partial charge on any atom is 0.407 e. The van der Waals surface area contributed by atoms with E-state index in [4.69, 9.17) is 19.0 Å². The summed E-state index contributed by atoms with van der Waals surface area (Å²) in [6, 6.07) is 21.5. The highest BCUT2D eigenvalue weighted by molar-refractivity contribution is 6.20. The Morgan fingerprint density at radius 1 is 0.925 bits per heavy atom. The number of carbonyl (C=O) groups is 3. The predicted molar refractivity (Wildman–Crippen MR) is 186 cm³/mol. The number of alkyl carbamates (subject to hydrolysis) is 1. The molecule has 1 atom stereocenters. The number of nitrogens with one attached hydrogen (secondary N) is 1. The van der Waals surface area contributed by atoms with E-state index in [0.717, 1.165) is 33.9 Å². The molecule has 1 N–H and O–H groups in total. The first kappa shape index (κ1) is 38.9. The Hall–Kier alpha value is -5.36. The average molecular weight is 837 g/mol. The van der Waals surface area contributed by atoms with Crippen LogP contribution in [0.1, 0.15) is 65.4 Å². The van der Waals surface area contributed by atoms with Gasteiger partial charge in [0.1, 0.15) is 23.7 Å². The van der Waals surface area contributed by atoms with Crippen molar-refractivity contribution in [3.63, 3.8) is 0 Å². The molecule has 53 heavy (non-hydrogen) atoms. The van der Waals surface area contributed by atoms with Crippen LogP contribution in [0, 0.1) is 0 Å². The minimum Gasteiger partial charge on any atom is -1.00 e. The third-order valence-corrected chi connectivity index (χ3v) is 8.07. The number of halogens is 1. The number of hydroxylamine groups is 2. The molecule has 2 aromatic heterocycles. The van der Waals surface area contributed by atoms with E-state index >= 15 is 0 Å². The first-order valence-corrected chi connectivity index (χ1v) is 16.8. The molecule has 1 aliphatic heterocycles. The van der Waals surface area contributed by atoms with Crippen molar-refractivity contribution >= 4 is 17.9 Å². The summed E-state index contributed by atoms with van der Waals surface area (Å²) in [6.07, 6.45) is 3.30. The van der Waals surface area contributed by atoms with Gasteiger partial charge < -0.3 is 43.5 Å². The SMILES string of the molecule is COc1ccc(Cn2nnc(C(COc3ccc(-c4cn(CCCNC(=O)OC(C)(C)C)[n+](C)c4)cc3)ON3C(=O)c4ccccc4C3=O)n2)cc1.[I-]. The molecule has 15 nitrogen and oxygen atoms in total. The van der Waals surface area contributed by atoms with Gasteiger partial charge in [-0.2, -0.15) is 9.48 Å². The Morgan fingerprint density at radius 2 is 1.58 bits per heavy atom. The second-order valence-electron chi connectivity index (χ2n) is 13.1. The van der Waals surface area contributed by atoms with Crippen molar-refractivity contribution in [2.75, 3.05) is 20.3 Å². The van der Waals surface area contributed by atoms with E-state index in [9.17, 15) is 14.4 Å². The first-order chi connectivity index (χ1) is 25.0. The highest BCUT2D eigenvalue weighted by atomic mass is 127. The van der Waals surface area contributed by atoms with Crippen molar-refractivity contribution in [2.24, 2.45) is 7.05 Å². The van der Waals surface area contributed by atoms with Crippen LogP contribution in [0.15, 0.2) is 85.2 Å². The summed E-state index contributed by atoms with van der Waals surface area (Å²) in [4.78, 5) is 45.6. The topological polar surface area (TPSA) is 156 Å². The average Bonchev–Trinajstić information content (AvgIpc) is 3.81. The molecular formula is C37H41IN8O7. The summed E-state index contributed by atoms with van der Waals surface area (Å²) >= 11 is 0. The van der Waals surface area contributed by atoms with Gasteiger partial charge in [0, 0.05) is 6.54 Å². The number of carbonyl (C=O) groups excluding carboxylic acids is 3. The van der Waals surface area contributed by atoms with Crippen LogP contribution >= 0.6 is 0 Å². The van der Waals surface area contributed by atoms with E-state index in [-0.39, 0.29) is 47.5 Å². The minimum absolute atomic E-state index is 0. The van der Waals surface area contributed by atoms with E-state index in [0.29, 0.717) is 25.4 Å². The molecule has 0 radical (unpaired) electrons. The monoisotopic (exact) mass is 836 g/mol. The molecule has 1 aliphatic rings. The molecular weight excluding hydrogens is 795 g/mol. The smallest absolute Gasteiger partial charge is 0.407 e. The molecule has 0 spiro atoms. The number of hydrogen-bond acceptors (Lipinski definition) is 10. The minimum atomic E-state index is -1.05. The van der Waals surface area contributed by atoms with Gasteiger partial charge in [-0.3, -0.25) is 9.59 Å². The summed E-state index contributed by atoms with van der Waals surface area (Å²) in [5, 5.41) is 16.4. The van der Waals surface area contributed by atoms with Gasteiger partial charge in [0.2, 0.25) is 12.0 Å². The number of methoxy groups -OCH3 is 1. The molecule has 278 valence electrons. The number of nitrogens with zero attached hydrogens (tertiary/aromatic N) is 7.